The van der Waals surface area contributed by atoms with Crippen molar-refractivity contribution in [2.24, 2.45) is 0 Å². The van der Waals surface area contributed by atoms with Gasteiger partial charge < -0.3 is 15.4 Å². The molecule has 1 unspecified atom stereocenters. The van der Waals surface area contributed by atoms with Crippen LogP contribution in [0.1, 0.15) is 23.6 Å². The fraction of sp³-hybridized carbons (Fsp3) is 0.263. The fourth-order valence-electron chi connectivity index (χ4n) is 2.88. The van der Waals surface area contributed by atoms with E-state index in [2.05, 4.69) is 10.6 Å². The Balaban J connectivity index is 1.80. The highest BCUT2D eigenvalue weighted by molar-refractivity contribution is 6.31. The topological polar surface area (TPSA) is 67.4 Å². The van der Waals surface area contributed by atoms with Crippen molar-refractivity contribution in [1.82, 2.24) is 10.6 Å². The number of amides is 2. The number of hydrogen-bond acceptors (Lipinski definition) is 3. The molecular weight excluding hydrogens is 413 g/mol. The molecule has 0 spiro atoms. The number of ether oxygens (including phenoxy) is 1. The Bertz CT molecular complexity index is 893. The molecule has 1 saturated heterocycles. The van der Waals surface area contributed by atoms with E-state index in [1.165, 1.54) is 6.07 Å². The number of rotatable bonds is 6. The van der Waals surface area contributed by atoms with Crippen molar-refractivity contribution < 1.29 is 23.1 Å². The zero-order valence-electron chi connectivity index (χ0n) is 14.5. The number of carbonyl (C=O) groups is 2. The van der Waals surface area contributed by atoms with Gasteiger partial charge in [0, 0.05) is 10.6 Å². The third kappa shape index (κ3) is 4.72. The molecular formula is C19H16Cl2F2N2O3. The Hall–Kier alpha value is -2.38. The largest absolute Gasteiger partial charge is 0.434 e. The molecule has 0 bridgehead atoms. The van der Waals surface area contributed by atoms with Crippen LogP contribution in [0.4, 0.5) is 13.6 Å². The summed E-state index contributed by atoms with van der Waals surface area (Å²) in [7, 11) is 0. The minimum Gasteiger partial charge on any atom is -0.434 e. The smallest absolute Gasteiger partial charge is 0.408 e. The van der Waals surface area contributed by atoms with Gasteiger partial charge in [0.25, 0.3) is 5.91 Å². The van der Waals surface area contributed by atoms with Crippen molar-refractivity contribution in [1.29, 1.82) is 0 Å². The number of halogens is 4. The number of alkyl carbamates (subject to hydrolysis) is 1. The lowest BCUT2D eigenvalue weighted by atomic mass is 9.98. The van der Waals surface area contributed by atoms with E-state index in [4.69, 9.17) is 27.9 Å². The first kappa shape index (κ1) is 20.4. The van der Waals surface area contributed by atoms with Crippen LogP contribution in [-0.4, -0.2) is 24.6 Å². The first-order valence-corrected chi connectivity index (χ1v) is 9.23. The van der Waals surface area contributed by atoms with Crippen molar-refractivity contribution >= 4 is 35.2 Å². The van der Waals surface area contributed by atoms with Crippen LogP contribution in [0.15, 0.2) is 36.4 Å². The number of cyclic esters (lactones) is 1. The van der Waals surface area contributed by atoms with Crippen molar-refractivity contribution in [2.45, 2.75) is 25.0 Å². The van der Waals surface area contributed by atoms with E-state index in [0.717, 1.165) is 11.6 Å². The van der Waals surface area contributed by atoms with Gasteiger partial charge in [-0.2, -0.15) is 0 Å². The van der Waals surface area contributed by atoms with Crippen molar-refractivity contribution in [3.8, 4) is 0 Å². The van der Waals surface area contributed by atoms with Crippen molar-refractivity contribution in [2.75, 3.05) is 6.54 Å². The van der Waals surface area contributed by atoms with Gasteiger partial charge >= 0.3 is 6.09 Å². The molecule has 2 atom stereocenters. The molecule has 5 nitrogen and oxygen atoms in total. The summed E-state index contributed by atoms with van der Waals surface area (Å²) in [4.78, 5) is 23.6. The number of benzene rings is 2. The highest BCUT2D eigenvalue weighted by atomic mass is 35.5. The second-order valence-corrected chi connectivity index (χ2v) is 7.08. The Morgan fingerprint density at radius 3 is 2.57 bits per heavy atom. The van der Waals surface area contributed by atoms with Crippen molar-refractivity contribution in [3.63, 3.8) is 0 Å². The average Bonchev–Trinajstić information content (AvgIpc) is 3.11. The zero-order valence-corrected chi connectivity index (χ0v) is 16.0. The van der Waals surface area contributed by atoms with E-state index in [1.54, 1.807) is 12.1 Å². The molecule has 2 aromatic rings. The molecule has 0 saturated carbocycles. The van der Waals surface area contributed by atoms with Crippen LogP contribution in [0.2, 0.25) is 10.0 Å². The molecule has 1 fully saturated rings. The van der Waals surface area contributed by atoms with Gasteiger partial charge in [0.15, 0.2) is 6.10 Å². The van der Waals surface area contributed by atoms with Gasteiger partial charge in [-0.25, -0.2) is 13.6 Å². The number of hydrogen-bond donors (Lipinski definition) is 2. The van der Waals surface area contributed by atoms with E-state index in [9.17, 15) is 18.4 Å². The molecule has 28 heavy (non-hydrogen) atoms. The summed E-state index contributed by atoms with van der Waals surface area (Å²) in [6, 6.07) is 8.56. The van der Waals surface area contributed by atoms with E-state index in [1.807, 2.05) is 12.1 Å². The maximum absolute atomic E-state index is 14.5. The summed E-state index contributed by atoms with van der Waals surface area (Å²) < 4.78 is 32.9. The first-order valence-electron chi connectivity index (χ1n) is 8.48. The number of carbonyl (C=O) groups excluding carboxylic acids is 2. The second-order valence-electron chi connectivity index (χ2n) is 6.27. The molecule has 1 aliphatic rings. The maximum Gasteiger partial charge on any atom is 0.408 e. The third-order valence-electron chi connectivity index (χ3n) is 4.37. The average molecular weight is 429 g/mol. The Labute approximate surface area is 170 Å². The number of nitrogens with one attached hydrogen (secondary N) is 2. The van der Waals surface area contributed by atoms with Gasteiger partial charge in [-0.3, -0.25) is 4.79 Å². The Morgan fingerprint density at radius 1 is 1.21 bits per heavy atom. The van der Waals surface area contributed by atoms with E-state index in [-0.39, 0.29) is 12.1 Å². The Morgan fingerprint density at radius 2 is 1.93 bits per heavy atom. The molecule has 2 aromatic carbocycles. The molecule has 0 radical (unpaired) electrons. The van der Waals surface area contributed by atoms with Crippen LogP contribution in [-0.2, 0) is 16.0 Å². The van der Waals surface area contributed by atoms with Crippen LogP contribution >= 0.6 is 23.2 Å². The normalized spacial score (nSPS) is 17.0. The Kier molecular flexibility index (Phi) is 6.36. The SMILES string of the molecule is O=C1NCC(C(=O)N[C@@H](CCc2ccc(Cl)cc2)c2ccc(F)c(Cl)c2F)O1. The van der Waals surface area contributed by atoms with Gasteiger partial charge in [-0.05, 0) is 36.6 Å². The minimum absolute atomic E-state index is 0.0151. The van der Waals surface area contributed by atoms with Gasteiger partial charge in [0.05, 0.1) is 12.6 Å². The van der Waals surface area contributed by atoms with Gasteiger partial charge in [0.1, 0.15) is 16.7 Å². The minimum atomic E-state index is -1.02. The van der Waals surface area contributed by atoms with Gasteiger partial charge in [0.2, 0.25) is 0 Å². The molecule has 148 valence electrons. The summed E-state index contributed by atoms with van der Waals surface area (Å²) in [5.41, 5.74) is 0.970. The summed E-state index contributed by atoms with van der Waals surface area (Å²) >= 11 is 11.6. The summed E-state index contributed by atoms with van der Waals surface area (Å²) in [5.74, 6) is -2.41. The van der Waals surface area contributed by atoms with Crippen LogP contribution < -0.4 is 10.6 Å². The molecule has 0 aliphatic carbocycles. The van der Waals surface area contributed by atoms with E-state index >= 15 is 0 Å². The summed E-state index contributed by atoms with van der Waals surface area (Å²) in [6.45, 7) is 0.0151. The van der Waals surface area contributed by atoms with Gasteiger partial charge in [-0.1, -0.05) is 41.4 Å². The van der Waals surface area contributed by atoms with Crippen LogP contribution in [0, 0.1) is 11.6 Å². The third-order valence-corrected chi connectivity index (χ3v) is 4.96. The molecule has 9 heteroatoms. The maximum atomic E-state index is 14.5. The van der Waals surface area contributed by atoms with Crippen LogP contribution in [0.25, 0.3) is 0 Å². The molecule has 2 N–H and O–H groups in total. The summed E-state index contributed by atoms with van der Waals surface area (Å²) in [5, 5.41) is 4.98. The van der Waals surface area contributed by atoms with Crippen LogP contribution in [0.5, 0.6) is 0 Å². The predicted octanol–water partition coefficient (Wildman–Crippen LogP) is 4.17. The number of aryl methyl sites for hydroxylation is 1. The van der Waals surface area contributed by atoms with Gasteiger partial charge in [-0.15, -0.1) is 0 Å². The lowest BCUT2D eigenvalue weighted by Gasteiger charge is -2.22. The molecule has 3 rings (SSSR count). The molecule has 2 amide bonds. The monoisotopic (exact) mass is 428 g/mol. The zero-order chi connectivity index (χ0) is 20.3. The van der Waals surface area contributed by atoms with Crippen LogP contribution in [0.3, 0.4) is 0 Å². The highest BCUT2D eigenvalue weighted by Gasteiger charge is 2.31. The van der Waals surface area contributed by atoms with E-state index in [0.29, 0.717) is 17.9 Å². The standard InChI is InChI=1S/C19H16Cl2F2N2O3/c20-11-4-1-10(2-5-11)3-8-14(12-6-7-13(22)16(21)17(12)23)25-18(26)15-9-24-19(27)28-15/h1-2,4-7,14-15H,3,8-9H2,(H,24,27)(H,25,26)/t14-,15?/m0/s1. The highest BCUT2D eigenvalue weighted by Crippen LogP contribution is 2.29. The van der Waals surface area contributed by atoms with Crippen molar-refractivity contribution in [3.05, 3.63) is 69.2 Å². The molecule has 1 heterocycles. The molecule has 0 aromatic heterocycles. The van der Waals surface area contributed by atoms with E-state index < -0.39 is 40.8 Å². The first-order chi connectivity index (χ1) is 13.3. The lowest BCUT2D eigenvalue weighted by molar-refractivity contribution is -0.128. The molecule has 1 aliphatic heterocycles. The predicted molar refractivity (Wildman–Crippen MR) is 100 cm³/mol. The quantitative estimate of drug-likeness (QED) is 0.678. The second kappa shape index (κ2) is 8.75. The fourth-order valence-corrected chi connectivity index (χ4v) is 3.18. The summed E-state index contributed by atoms with van der Waals surface area (Å²) in [6.07, 6.45) is -0.932. The lowest BCUT2D eigenvalue weighted by Crippen LogP contribution is -2.39.